The Kier molecular flexibility index (Phi) is 25.2. The largest absolute Gasteiger partial charge is 0.465 e. The Morgan fingerprint density at radius 2 is 1.23 bits per heavy atom. The maximum atomic E-state index is 13.0. The van der Waals surface area contributed by atoms with Crippen molar-refractivity contribution in [3.63, 3.8) is 0 Å². The molecule has 5 aromatic heterocycles. The van der Waals surface area contributed by atoms with Crippen molar-refractivity contribution < 1.29 is 68.6 Å². The first-order valence-corrected chi connectivity index (χ1v) is 26.2. The molecule has 0 unspecified atom stereocenters. The van der Waals surface area contributed by atoms with Gasteiger partial charge in [0, 0.05) is 27.0 Å². The highest BCUT2D eigenvalue weighted by Gasteiger charge is 2.25. The smallest absolute Gasteiger partial charge is 0.432 e. The summed E-state index contributed by atoms with van der Waals surface area (Å²) in [5.41, 5.74) is 7.07. The van der Waals surface area contributed by atoms with Gasteiger partial charge in [-0.1, -0.05) is 35.4 Å². The minimum Gasteiger partial charge on any atom is -0.465 e. The fourth-order valence-electron chi connectivity index (χ4n) is 6.30. The van der Waals surface area contributed by atoms with E-state index in [1.54, 1.807) is 90.3 Å². The zero-order valence-electron chi connectivity index (χ0n) is 42.0. The molecule has 75 heavy (non-hydrogen) atoms. The maximum absolute atomic E-state index is 13.0. The SMILES string of the molecule is C#CC(=O)OC.COC(=O)c1cnn2cc(F)cc(Br)c12.Cc1cc(C)c(S(=O)(=O)ON)c(C)c1.Cc1cc(C)c(S(=O)(=O)ONC(=O)OC(C)(C)C)c(C)c1.Fc1cc(Br)c2ccnn2c1.Fc1cncc(Br)c1.[HH]. The number of pyridine rings is 3. The fourth-order valence-corrected chi connectivity index (χ4v) is 9.95. The summed E-state index contributed by atoms with van der Waals surface area (Å²) in [4.78, 5) is 36.3. The number of fused-ring (bicyclic) bond motifs is 2. The van der Waals surface area contributed by atoms with Crippen LogP contribution in [-0.2, 0) is 47.8 Å². The zero-order chi connectivity index (χ0) is 57.2. The molecule has 0 bridgehead atoms. The van der Waals surface area contributed by atoms with Crippen molar-refractivity contribution in [3.05, 3.63) is 156 Å². The van der Waals surface area contributed by atoms with E-state index < -0.39 is 49.7 Å². The highest BCUT2D eigenvalue weighted by atomic mass is 79.9. The molecule has 19 nitrogen and oxygen atoms in total. The number of nitrogens with zero attached hydrogens (tertiary/aromatic N) is 5. The van der Waals surface area contributed by atoms with Crippen LogP contribution >= 0.6 is 47.8 Å². The van der Waals surface area contributed by atoms with Gasteiger partial charge in [0.15, 0.2) is 0 Å². The van der Waals surface area contributed by atoms with E-state index in [2.05, 4.69) is 87.4 Å². The van der Waals surface area contributed by atoms with Crippen LogP contribution in [0.25, 0.3) is 11.0 Å². The number of benzene rings is 2. The van der Waals surface area contributed by atoms with Gasteiger partial charge in [-0.3, -0.25) is 4.98 Å². The first-order chi connectivity index (χ1) is 34.8. The van der Waals surface area contributed by atoms with Crippen molar-refractivity contribution in [2.24, 2.45) is 5.90 Å². The molecular weight excluding hydrogens is 1230 g/mol. The number of aryl methyl sites for hydroxylation is 6. The van der Waals surface area contributed by atoms with Crippen molar-refractivity contribution >= 4 is 97.1 Å². The lowest BCUT2D eigenvalue weighted by molar-refractivity contribution is -0.133. The van der Waals surface area contributed by atoms with Gasteiger partial charge in [0.05, 0.1) is 56.2 Å². The molecule has 0 saturated heterocycles. The lowest BCUT2D eigenvalue weighted by Gasteiger charge is -2.19. The van der Waals surface area contributed by atoms with E-state index in [1.165, 1.54) is 66.2 Å². The highest BCUT2D eigenvalue weighted by molar-refractivity contribution is 9.11. The van der Waals surface area contributed by atoms with Gasteiger partial charge < -0.3 is 14.2 Å². The van der Waals surface area contributed by atoms with Crippen molar-refractivity contribution in [1.29, 1.82) is 0 Å². The number of amides is 1. The van der Waals surface area contributed by atoms with Gasteiger partial charge in [0.1, 0.15) is 38.4 Å². The monoisotopic (exact) mass is 1280 g/mol. The molecule has 7 rings (SSSR count). The van der Waals surface area contributed by atoms with Gasteiger partial charge in [-0.05, 0) is 157 Å². The quantitative estimate of drug-likeness (QED) is 0.0516. The van der Waals surface area contributed by atoms with E-state index in [0.717, 1.165) is 27.3 Å². The fraction of sp³-hybridized carbons (Fsp3) is 0.250. The second kappa shape index (κ2) is 29.2. The Morgan fingerprint density at radius 3 is 1.65 bits per heavy atom. The number of halogens is 6. The minimum absolute atomic E-state index is 0. The molecule has 0 spiro atoms. The van der Waals surface area contributed by atoms with E-state index in [-0.39, 0.29) is 22.9 Å². The van der Waals surface area contributed by atoms with Gasteiger partial charge in [-0.15, -0.1) is 10.7 Å². The Bertz CT molecular complexity index is 3370. The molecule has 0 saturated carbocycles. The maximum Gasteiger partial charge on any atom is 0.432 e. The standard InChI is InChI=1S/C14H21NO5S.C9H6BrFN2O2.C9H13NO3S.C7H4BrFN2.C5H3BrFN.C4H4O2.H2/c1-9-7-10(2)12(11(3)8-9)21(17,18)20-15-13(16)19-14(4,5)6;1-15-9(14)6-3-12-13-4-5(11)2-7(10)8(6)13;1-6-4-7(2)9(8(3)5-6)14(11,12)13-10;8-6-3-5(9)4-11-7(6)1-2-10-11;6-4-1-5(7)3-8-2-4;1-3-4(5)6-2;/h7-8H,1-6H3,(H,15,16);2-4H,1H3;4-5H,10H2,1-3H3;1-4H;1-3H;1H,2H3;1H. The normalized spacial score (nSPS) is 10.7. The number of carbonyl (C=O) groups is 3. The number of ether oxygens (including phenoxy) is 3. The third-order valence-corrected chi connectivity index (χ3v) is 13.3. The molecular formula is C48H53Br3F3N7O12S2. The molecule has 7 aromatic rings. The Balaban J connectivity index is 0.000000473. The summed E-state index contributed by atoms with van der Waals surface area (Å²) in [6, 6.07) is 12.9. The van der Waals surface area contributed by atoms with E-state index in [9.17, 15) is 44.4 Å². The van der Waals surface area contributed by atoms with Gasteiger partial charge in [0.2, 0.25) is 0 Å². The Hall–Kier alpha value is -6.25. The van der Waals surface area contributed by atoms with Crippen LogP contribution in [0.5, 0.6) is 0 Å². The van der Waals surface area contributed by atoms with Crippen LogP contribution < -0.4 is 11.4 Å². The average Bonchev–Trinajstić information content (AvgIpc) is 3.96. The zero-order valence-corrected chi connectivity index (χ0v) is 48.3. The number of carbonyl (C=O) groups excluding carboxylic acids is 3. The molecule has 0 fully saturated rings. The van der Waals surface area contributed by atoms with Crippen molar-refractivity contribution in [2.75, 3.05) is 14.2 Å². The van der Waals surface area contributed by atoms with Gasteiger partial charge >= 0.3 is 38.3 Å². The summed E-state index contributed by atoms with van der Waals surface area (Å²) in [7, 11) is -5.38. The van der Waals surface area contributed by atoms with Gasteiger partial charge in [-0.25, -0.2) is 36.6 Å². The molecule has 2 aromatic carbocycles. The van der Waals surface area contributed by atoms with E-state index in [1.807, 2.05) is 19.9 Å². The average molecular weight is 1280 g/mol. The number of methoxy groups -OCH3 is 2. The summed E-state index contributed by atoms with van der Waals surface area (Å²) in [5, 5.41) is 7.74. The van der Waals surface area contributed by atoms with Gasteiger partial charge in [0.25, 0.3) is 0 Å². The minimum atomic E-state index is -4.10. The molecule has 1 amide bonds. The second-order valence-corrected chi connectivity index (χ2v) is 21.7. The van der Waals surface area contributed by atoms with Crippen LogP contribution in [0.1, 0.15) is 65.9 Å². The van der Waals surface area contributed by atoms with Crippen molar-refractivity contribution in [2.45, 2.75) is 77.7 Å². The lowest BCUT2D eigenvalue weighted by Crippen LogP contribution is -2.34. The lowest BCUT2D eigenvalue weighted by atomic mass is 10.1. The number of nitrogens with two attached hydrogens (primary N) is 1. The first-order valence-electron chi connectivity index (χ1n) is 21.0. The molecule has 0 atom stereocenters. The topological polar surface area (TPSA) is 251 Å². The number of nitrogens with one attached hydrogen (secondary N) is 1. The number of hydrogen-bond acceptors (Lipinski definition) is 16. The van der Waals surface area contributed by atoms with Crippen LogP contribution in [0.2, 0.25) is 0 Å². The molecule has 0 aliphatic rings. The number of rotatable bonds is 6. The summed E-state index contributed by atoms with van der Waals surface area (Å²) in [6.45, 7) is 15.5. The number of hydroxylamine groups is 1. The van der Waals surface area contributed by atoms with Crippen molar-refractivity contribution in [3.8, 4) is 12.3 Å². The van der Waals surface area contributed by atoms with Crippen LogP contribution in [0.15, 0.2) is 109 Å². The third-order valence-electron chi connectivity index (χ3n) is 8.81. The number of esters is 2. The summed E-state index contributed by atoms with van der Waals surface area (Å²) in [5.74, 6) is 4.29. The molecule has 0 aliphatic carbocycles. The Morgan fingerprint density at radius 1 is 0.720 bits per heavy atom. The first kappa shape index (κ1) is 64.9. The molecule has 406 valence electrons. The van der Waals surface area contributed by atoms with Crippen LogP contribution in [0.4, 0.5) is 18.0 Å². The summed E-state index contributed by atoms with van der Waals surface area (Å²) >= 11 is 9.45. The number of terminal acetylenes is 1. The second-order valence-electron chi connectivity index (χ2n) is 16.1. The molecule has 0 radical (unpaired) electrons. The highest BCUT2D eigenvalue weighted by Crippen LogP contribution is 2.26. The summed E-state index contributed by atoms with van der Waals surface area (Å²) < 4.78 is 112. The summed E-state index contributed by atoms with van der Waals surface area (Å²) in [6.07, 6.45) is 11.8. The number of aromatic nitrogens is 5. The molecule has 0 aliphatic heterocycles. The van der Waals surface area contributed by atoms with E-state index >= 15 is 0 Å². The molecule has 3 N–H and O–H groups in total. The van der Waals surface area contributed by atoms with E-state index in [4.69, 9.17) is 10.6 Å². The predicted molar refractivity (Wildman–Crippen MR) is 283 cm³/mol. The van der Waals surface area contributed by atoms with Gasteiger partial charge in [-0.2, -0.15) is 42.7 Å². The van der Waals surface area contributed by atoms with Crippen LogP contribution in [0.3, 0.4) is 0 Å². The molecule has 27 heteroatoms. The van der Waals surface area contributed by atoms with Crippen LogP contribution in [-0.4, -0.2) is 78.9 Å². The van der Waals surface area contributed by atoms with Crippen LogP contribution in [0, 0.1) is 71.3 Å². The Labute approximate surface area is 458 Å². The third kappa shape index (κ3) is 20.8. The van der Waals surface area contributed by atoms with E-state index in [0.29, 0.717) is 42.3 Å². The van der Waals surface area contributed by atoms with Crippen molar-refractivity contribution in [1.82, 2.24) is 29.7 Å². The number of hydrogen-bond donors (Lipinski definition) is 2. The predicted octanol–water partition coefficient (Wildman–Crippen LogP) is 10.2. The molecule has 5 heterocycles.